The normalized spacial score (nSPS) is 22.4. The Morgan fingerprint density at radius 2 is 1.67 bits per heavy atom. The van der Waals surface area contributed by atoms with Crippen LogP contribution in [0, 0.1) is 0 Å². The van der Waals surface area contributed by atoms with Gasteiger partial charge in [0.2, 0.25) is 5.91 Å². The molecule has 2 aliphatic heterocycles. The highest BCUT2D eigenvalue weighted by molar-refractivity contribution is 5.75. The summed E-state index contributed by atoms with van der Waals surface area (Å²) in [6, 6.07) is 10.5. The van der Waals surface area contributed by atoms with Gasteiger partial charge < -0.3 is 20.2 Å². The standard InChI is InChI=1S/C20H30N4O3/c1-16(25)23-11-12-24(15-19(26)14-23)20(27)21-18-7-9-22(10-8-18)13-17-5-3-2-4-6-17/h2-6,18-19,26H,7-15H2,1H3,(H,21,27)/t19-/m0/s1. The molecule has 0 aromatic heterocycles. The van der Waals surface area contributed by atoms with Gasteiger partial charge >= 0.3 is 6.03 Å². The molecule has 1 aromatic rings. The highest BCUT2D eigenvalue weighted by Crippen LogP contribution is 2.14. The van der Waals surface area contributed by atoms with Crippen LogP contribution in [0.4, 0.5) is 4.79 Å². The number of nitrogens with one attached hydrogen (secondary N) is 1. The number of hydrogen-bond acceptors (Lipinski definition) is 4. The van der Waals surface area contributed by atoms with Gasteiger partial charge in [0.15, 0.2) is 0 Å². The van der Waals surface area contributed by atoms with Crippen molar-refractivity contribution in [1.82, 2.24) is 20.0 Å². The first-order valence-corrected chi connectivity index (χ1v) is 9.76. The molecule has 2 aliphatic rings. The van der Waals surface area contributed by atoms with E-state index < -0.39 is 6.10 Å². The number of benzene rings is 1. The lowest BCUT2D eigenvalue weighted by Gasteiger charge is -2.33. The first-order chi connectivity index (χ1) is 13.0. The van der Waals surface area contributed by atoms with E-state index in [9.17, 15) is 14.7 Å². The zero-order chi connectivity index (χ0) is 19.2. The third-order valence-electron chi connectivity index (χ3n) is 5.40. The molecule has 7 heteroatoms. The van der Waals surface area contributed by atoms with E-state index in [0.29, 0.717) is 13.1 Å². The largest absolute Gasteiger partial charge is 0.389 e. The Morgan fingerprint density at radius 1 is 1.04 bits per heavy atom. The molecule has 2 saturated heterocycles. The number of likely N-dealkylation sites (tertiary alicyclic amines) is 1. The Hall–Kier alpha value is -2.12. The number of β-amino-alcohol motifs (C(OH)–C–C–N with tert-alkyl or cyclic N) is 1. The summed E-state index contributed by atoms with van der Waals surface area (Å²) in [5, 5.41) is 13.2. The summed E-state index contributed by atoms with van der Waals surface area (Å²) in [5.74, 6) is -0.0675. The summed E-state index contributed by atoms with van der Waals surface area (Å²) in [6.07, 6.45) is 1.15. The average Bonchev–Trinajstić information content (AvgIpc) is 2.86. The number of aliphatic hydroxyl groups excluding tert-OH is 1. The van der Waals surface area contributed by atoms with Gasteiger partial charge in [0.1, 0.15) is 0 Å². The maximum absolute atomic E-state index is 12.6. The molecule has 0 aliphatic carbocycles. The predicted octanol–water partition coefficient (Wildman–Crippen LogP) is 0.886. The van der Waals surface area contributed by atoms with Crippen LogP contribution in [0.5, 0.6) is 0 Å². The minimum absolute atomic E-state index is 0.0675. The number of aliphatic hydroxyl groups is 1. The Labute approximate surface area is 160 Å². The fraction of sp³-hybridized carbons (Fsp3) is 0.600. The van der Waals surface area contributed by atoms with Crippen molar-refractivity contribution in [2.75, 3.05) is 39.3 Å². The maximum Gasteiger partial charge on any atom is 0.317 e. The monoisotopic (exact) mass is 374 g/mol. The Morgan fingerprint density at radius 3 is 2.33 bits per heavy atom. The van der Waals surface area contributed by atoms with Gasteiger partial charge in [0.25, 0.3) is 0 Å². The zero-order valence-electron chi connectivity index (χ0n) is 16.0. The number of carbonyl (C=O) groups excluding carboxylic acids is 2. The smallest absolute Gasteiger partial charge is 0.317 e. The second kappa shape index (κ2) is 9.19. The van der Waals surface area contributed by atoms with Gasteiger partial charge in [-0.3, -0.25) is 9.69 Å². The van der Waals surface area contributed by atoms with Crippen LogP contribution in [0.2, 0.25) is 0 Å². The van der Waals surface area contributed by atoms with Crippen LogP contribution >= 0.6 is 0 Å². The lowest BCUT2D eigenvalue weighted by atomic mass is 10.0. The molecule has 2 N–H and O–H groups in total. The third-order valence-corrected chi connectivity index (χ3v) is 5.40. The Bertz CT molecular complexity index is 631. The van der Waals surface area contributed by atoms with Crippen molar-refractivity contribution in [3.8, 4) is 0 Å². The molecule has 0 radical (unpaired) electrons. The molecular formula is C20H30N4O3. The van der Waals surface area contributed by atoms with Crippen LogP contribution in [0.1, 0.15) is 25.3 Å². The molecule has 148 valence electrons. The predicted molar refractivity (Wildman–Crippen MR) is 103 cm³/mol. The van der Waals surface area contributed by atoms with Crippen LogP contribution < -0.4 is 5.32 Å². The van der Waals surface area contributed by atoms with E-state index >= 15 is 0 Å². The van der Waals surface area contributed by atoms with Crippen LogP contribution in [-0.4, -0.2) is 83.2 Å². The fourth-order valence-electron chi connectivity index (χ4n) is 3.80. The van der Waals surface area contributed by atoms with Crippen LogP contribution in [0.3, 0.4) is 0 Å². The molecule has 7 nitrogen and oxygen atoms in total. The number of nitrogens with zero attached hydrogens (tertiary/aromatic N) is 3. The maximum atomic E-state index is 12.6. The second-order valence-corrected chi connectivity index (χ2v) is 7.55. The second-order valence-electron chi connectivity index (χ2n) is 7.55. The van der Waals surface area contributed by atoms with E-state index in [1.54, 1.807) is 9.80 Å². The number of rotatable bonds is 3. The zero-order valence-corrected chi connectivity index (χ0v) is 16.0. The van der Waals surface area contributed by atoms with E-state index in [0.717, 1.165) is 32.5 Å². The Kier molecular flexibility index (Phi) is 6.68. The van der Waals surface area contributed by atoms with Crippen molar-refractivity contribution in [2.45, 2.75) is 38.5 Å². The number of amides is 3. The third kappa shape index (κ3) is 5.68. The molecule has 2 heterocycles. The van der Waals surface area contributed by atoms with Gasteiger partial charge in [-0.15, -0.1) is 0 Å². The van der Waals surface area contributed by atoms with Crippen molar-refractivity contribution in [3.63, 3.8) is 0 Å². The number of urea groups is 1. The molecule has 0 saturated carbocycles. The SMILES string of the molecule is CC(=O)N1CCN(C(=O)NC2CCN(Cc3ccccc3)CC2)C[C@@H](O)C1. The van der Waals surface area contributed by atoms with E-state index in [2.05, 4.69) is 34.5 Å². The van der Waals surface area contributed by atoms with Crippen molar-refractivity contribution in [3.05, 3.63) is 35.9 Å². The summed E-state index contributed by atoms with van der Waals surface area (Å²) in [6.45, 7) is 5.83. The quantitative estimate of drug-likeness (QED) is 0.824. The summed E-state index contributed by atoms with van der Waals surface area (Å²) in [7, 11) is 0. The van der Waals surface area contributed by atoms with Crippen molar-refractivity contribution < 1.29 is 14.7 Å². The van der Waals surface area contributed by atoms with Gasteiger partial charge in [0.05, 0.1) is 12.6 Å². The number of piperidine rings is 1. The van der Waals surface area contributed by atoms with Gasteiger partial charge in [-0.1, -0.05) is 30.3 Å². The van der Waals surface area contributed by atoms with Gasteiger partial charge in [-0.25, -0.2) is 4.79 Å². The summed E-state index contributed by atoms with van der Waals surface area (Å²) >= 11 is 0. The summed E-state index contributed by atoms with van der Waals surface area (Å²) < 4.78 is 0. The van der Waals surface area contributed by atoms with Crippen LogP contribution in [0.25, 0.3) is 0 Å². The highest BCUT2D eigenvalue weighted by atomic mass is 16.3. The van der Waals surface area contributed by atoms with Gasteiger partial charge in [-0.2, -0.15) is 0 Å². The molecule has 2 fully saturated rings. The molecule has 1 atom stereocenters. The van der Waals surface area contributed by atoms with Crippen molar-refractivity contribution in [1.29, 1.82) is 0 Å². The first-order valence-electron chi connectivity index (χ1n) is 9.76. The lowest BCUT2D eigenvalue weighted by molar-refractivity contribution is -0.129. The molecular weight excluding hydrogens is 344 g/mol. The summed E-state index contributed by atoms with van der Waals surface area (Å²) in [4.78, 5) is 29.8. The topological polar surface area (TPSA) is 76.1 Å². The Balaban J connectivity index is 1.44. The summed E-state index contributed by atoms with van der Waals surface area (Å²) in [5.41, 5.74) is 1.31. The van der Waals surface area contributed by atoms with E-state index in [-0.39, 0.29) is 31.1 Å². The molecule has 3 amide bonds. The molecule has 0 bridgehead atoms. The number of carbonyl (C=O) groups is 2. The minimum atomic E-state index is -0.699. The fourth-order valence-corrected chi connectivity index (χ4v) is 3.80. The van der Waals surface area contributed by atoms with E-state index in [4.69, 9.17) is 0 Å². The first kappa shape index (κ1) is 19.6. The molecule has 0 spiro atoms. The van der Waals surface area contributed by atoms with Crippen LogP contribution in [0.15, 0.2) is 30.3 Å². The van der Waals surface area contributed by atoms with Crippen molar-refractivity contribution >= 4 is 11.9 Å². The highest BCUT2D eigenvalue weighted by Gasteiger charge is 2.28. The molecule has 0 unspecified atom stereocenters. The van der Waals surface area contributed by atoms with Crippen LogP contribution in [-0.2, 0) is 11.3 Å². The van der Waals surface area contributed by atoms with Crippen molar-refractivity contribution in [2.24, 2.45) is 0 Å². The molecule has 1 aromatic carbocycles. The number of hydrogen-bond donors (Lipinski definition) is 2. The minimum Gasteiger partial charge on any atom is -0.389 e. The van der Waals surface area contributed by atoms with Gasteiger partial charge in [-0.05, 0) is 18.4 Å². The molecule has 27 heavy (non-hydrogen) atoms. The lowest BCUT2D eigenvalue weighted by Crippen LogP contribution is -2.50. The van der Waals surface area contributed by atoms with E-state index in [1.165, 1.54) is 12.5 Å². The van der Waals surface area contributed by atoms with E-state index in [1.807, 2.05) is 6.07 Å². The molecule has 3 rings (SSSR count). The van der Waals surface area contributed by atoms with Gasteiger partial charge in [0, 0.05) is 52.2 Å². The average molecular weight is 374 g/mol.